The number of hydrogen-bond acceptors (Lipinski definition) is 3. The summed E-state index contributed by atoms with van der Waals surface area (Å²) < 4.78 is 0. The molecule has 0 bridgehead atoms. The van der Waals surface area contributed by atoms with Crippen molar-refractivity contribution in [2.45, 2.75) is 25.7 Å². The molecule has 0 aliphatic heterocycles. The number of aliphatic hydroxyl groups excluding tert-OH is 1. The average Bonchev–Trinajstić information content (AvgIpc) is 2.65. The lowest BCUT2D eigenvalue weighted by atomic mass is 9.87. The number of nitrogens with two attached hydrogens (primary N) is 1. The lowest BCUT2D eigenvalue weighted by molar-refractivity contribution is 0.212. The van der Waals surface area contributed by atoms with Crippen molar-refractivity contribution in [2.75, 3.05) is 13.2 Å². The van der Waals surface area contributed by atoms with E-state index in [2.05, 4.69) is 18.4 Å². The van der Waals surface area contributed by atoms with Crippen molar-refractivity contribution >= 4 is 11.3 Å². The third-order valence-corrected chi connectivity index (χ3v) is 3.74. The lowest BCUT2D eigenvalue weighted by Gasteiger charge is -2.25. The molecule has 0 aromatic carbocycles. The first-order chi connectivity index (χ1) is 6.18. The first-order valence-electron chi connectivity index (χ1n) is 4.55. The minimum absolute atomic E-state index is 0.122. The number of thiophene rings is 1. The zero-order valence-corrected chi connectivity index (χ0v) is 9.03. The van der Waals surface area contributed by atoms with Crippen LogP contribution < -0.4 is 5.73 Å². The van der Waals surface area contributed by atoms with Gasteiger partial charge in [-0.25, -0.2) is 0 Å². The van der Waals surface area contributed by atoms with Gasteiger partial charge in [-0.05, 0) is 23.4 Å². The van der Waals surface area contributed by atoms with E-state index in [9.17, 15) is 5.11 Å². The summed E-state index contributed by atoms with van der Waals surface area (Å²) in [6, 6.07) is 2.11. The highest BCUT2D eigenvalue weighted by molar-refractivity contribution is 7.10. The van der Waals surface area contributed by atoms with Gasteiger partial charge in [0.25, 0.3) is 0 Å². The second-order valence-corrected chi connectivity index (χ2v) is 4.47. The fraction of sp³-hybridized carbons (Fsp3) is 0.600. The Hall–Kier alpha value is -0.380. The van der Waals surface area contributed by atoms with Gasteiger partial charge in [0.15, 0.2) is 0 Å². The van der Waals surface area contributed by atoms with E-state index in [1.165, 1.54) is 10.4 Å². The molecule has 2 nitrogen and oxygen atoms in total. The van der Waals surface area contributed by atoms with Crippen LogP contribution in [-0.4, -0.2) is 18.3 Å². The van der Waals surface area contributed by atoms with Crippen LogP contribution in [0.5, 0.6) is 0 Å². The van der Waals surface area contributed by atoms with Crippen LogP contribution in [0.4, 0.5) is 0 Å². The summed E-state index contributed by atoms with van der Waals surface area (Å²) in [5.74, 6) is 0. The Morgan fingerprint density at radius 3 is 2.77 bits per heavy atom. The smallest absolute Gasteiger partial charge is 0.0545 e. The first-order valence-corrected chi connectivity index (χ1v) is 5.43. The quantitative estimate of drug-likeness (QED) is 0.772. The molecule has 3 N–H and O–H groups in total. The molecule has 1 unspecified atom stereocenters. The van der Waals surface area contributed by atoms with E-state index >= 15 is 0 Å². The predicted octanol–water partition coefficient (Wildman–Crippen LogP) is 1.52. The molecule has 0 aliphatic carbocycles. The van der Waals surface area contributed by atoms with Gasteiger partial charge in [0.2, 0.25) is 0 Å². The van der Waals surface area contributed by atoms with E-state index in [-0.39, 0.29) is 12.0 Å². The number of hydrogen-bond donors (Lipinski definition) is 2. The van der Waals surface area contributed by atoms with Gasteiger partial charge in [-0.2, -0.15) is 0 Å². The van der Waals surface area contributed by atoms with Crippen LogP contribution in [-0.2, 0) is 11.8 Å². The molecule has 0 saturated carbocycles. The van der Waals surface area contributed by atoms with Crippen LogP contribution >= 0.6 is 11.3 Å². The molecule has 1 aromatic rings. The Kier molecular flexibility index (Phi) is 3.47. The van der Waals surface area contributed by atoms with Crippen molar-refractivity contribution in [2.24, 2.45) is 5.73 Å². The molecule has 3 heteroatoms. The summed E-state index contributed by atoms with van der Waals surface area (Å²) >= 11 is 1.69. The summed E-state index contributed by atoms with van der Waals surface area (Å²) in [5, 5.41) is 11.4. The Bertz CT molecular complexity index is 266. The maximum Gasteiger partial charge on any atom is 0.0545 e. The first kappa shape index (κ1) is 10.7. The van der Waals surface area contributed by atoms with Crippen molar-refractivity contribution in [3.63, 3.8) is 0 Å². The SMILES string of the molecule is CCc1ccsc1C(C)(CN)CO. The van der Waals surface area contributed by atoms with Crippen LogP contribution in [0.1, 0.15) is 24.3 Å². The summed E-state index contributed by atoms with van der Waals surface area (Å²) in [7, 11) is 0. The molecule has 74 valence electrons. The highest BCUT2D eigenvalue weighted by Crippen LogP contribution is 2.30. The van der Waals surface area contributed by atoms with Gasteiger partial charge in [0.05, 0.1) is 6.61 Å². The Balaban J connectivity index is 3.03. The van der Waals surface area contributed by atoms with Crippen LogP contribution in [0, 0.1) is 0 Å². The molecular weight excluding hydrogens is 182 g/mol. The predicted molar refractivity (Wildman–Crippen MR) is 57.2 cm³/mol. The second-order valence-electron chi connectivity index (χ2n) is 3.55. The van der Waals surface area contributed by atoms with E-state index in [1.54, 1.807) is 11.3 Å². The van der Waals surface area contributed by atoms with Gasteiger partial charge in [-0.3, -0.25) is 0 Å². The van der Waals surface area contributed by atoms with E-state index in [0.717, 1.165) is 6.42 Å². The normalized spacial score (nSPS) is 15.7. The number of aryl methyl sites for hydroxylation is 1. The summed E-state index contributed by atoms with van der Waals surface area (Å²) in [4.78, 5) is 1.24. The molecule has 0 radical (unpaired) electrons. The highest BCUT2D eigenvalue weighted by Gasteiger charge is 2.27. The maximum atomic E-state index is 9.30. The van der Waals surface area contributed by atoms with Crippen LogP contribution in [0.15, 0.2) is 11.4 Å². The molecule has 0 fully saturated rings. The maximum absolute atomic E-state index is 9.30. The summed E-state index contributed by atoms with van der Waals surface area (Å²) in [6.07, 6.45) is 1.01. The Labute approximate surface area is 83.4 Å². The zero-order valence-electron chi connectivity index (χ0n) is 8.21. The highest BCUT2D eigenvalue weighted by atomic mass is 32.1. The van der Waals surface area contributed by atoms with E-state index in [0.29, 0.717) is 6.54 Å². The topological polar surface area (TPSA) is 46.2 Å². The summed E-state index contributed by atoms with van der Waals surface area (Å²) in [5.41, 5.74) is 6.74. The van der Waals surface area contributed by atoms with Gasteiger partial charge < -0.3 is 10.8 Å². The lowest BCUT2D eigenvalue weighted by Crippen LogP contribution is -2.35. The van der Waals surface area contributed by atoms with Gasteiger partial charge in [0, 0.05) is 16.8 Å². The minimum atomic E-state index is -0.250. The fourth-order valence-corrected chi connectivity index (χ4v) is 2.54. The van der Waals surface area contributed by atoms with E-state index < -0.39 is 0 Å². The largest absolute Gasteiger partial charge is 0.395 e. The third kappa shape index (κ3) is 1.93. The molecule has 1 heterocycles. The third-order valence-electron chi connectivity index (χ3n) is 2.48. The van der Waals surface area contributed by atoms with Crippen molar-refractivity contribution in [3.8, 4) is 0 Å². The molecule has 0 saturated heterocycles. The van der Waals surface area contributed by atoms with E-state index in [4.69, 9.17) is 5.73 Å². The minimum Gasteiger partial charge on any atom is -0.395 e. The Morgan fingerprint density at radius 2 is 2.31 bits per heavy atom. The molecule has 1 atom stereocenters. The molecule has 1 aromatic heterocycles. The number of aliphatic hydroxyl groups is 1. The molecule has 1 rings (SSSR count). The molecular formula is C10H17NOS. The van der Waals surface area contributed by atoms with E-state index in [1.807, 2.05) is 6.92 Å². The van der Waals surface area contributed by atoms with Crippen molar-refractivity contribution in [1.29, 1.82) is 0 Å². The molecule has 0 aliphatic rings. The van der Waals surface area contributed by atoms with Crippen molar-refractivity contribution < 1.29 is 5.11 Å². The molecule has 0 spiro atoms. The zero-order chi connectivity index (χ0) is 9.90. The van der Waals surface area contributed by atoms with Gasteiger partial charge >= 0.3 is 0 Å². The van der Waals surface area contributed by atoms with Gasteiger partial charge in [-0.1, -0.05) is 13.8 Å². The average molecular weight is 199 g/mol. The Morgan fingerprint density at radius 1 is 1.62 bits per heavy atom. The van der Waals surface area contributed by atoms with Crippen molar-refractivity contribution in [3.05, 3.63) is 21.9 Å². The van der Waals surface area contributed by atoms with Crippen LogP contribution in [0.25, 0.3) is 0 Å². The molecule has 0 amide bonds. The fourth-order valence-electron chi connectivity index (χ4n) is 1.37. The molecule has 13 heavy (non-hydrogen) atoms. The van der Waals surface area contributed by atoms with Crippen LogP contribution in [0.3, 0.4) is 0 Å². The van der Waals surface area contributed by atoms with Gasteiger partial charge in [0.1, 0.15) is 0 Å². The second kappa shape index (κ2) is 4.22. The monoisotopic (exact) mass is 199 g/mol. The van der Waals surface area contributed by atoms with Gasteiger partial charge in [-0.15, -0.1) is 11.3 Å². The summed E-state index contributed by atoms with van der Waals surface area (Å²) in [6.45, 7) is 4.76. The standard InChI is InChI=1S/C10H17NOS/c1-3-8-4-5-13-9(8)10(2,6-11)7-12/h4-5,12H,3,6-7,11H2,1-2H3. The van der Waals surface area contributed by atoms with Crippen molar-refractivity contribution in [1.82, 2.24) is 0 Å². The number of rotatable bonds is 4. The van der Waals surface area contributed by atoms with Crippen LogP contribution in [0.2, 0.25) is 0 Å².